The van der Waals surface area contributed by atoms with Gasteiger partial charge in [0, 0.05) is 18.4 Å². The van der Waals surface area contributed by atoms with Crippen LogP contribution in [0, 0.1) is 0 Å². The lowest BCUT2D eigenvalue weighted by atomic mass is 10.2. The van der Waals surface area contributed by atoms with Crippen molar-refractivity contribution in [2.24, 2.45) is 0 Å². The third kappa shape index (κ3) is 5.04. The number of rotatable bonds is 10. The van der Waals surface area contributed by atoms with Gasteiger partial charge in [0.05, 0.1) is 0 Å². The molecule has 1 heterocycles. The van der Waals surface area contributed by atoms with Crippen molar-refractivity contribution in [3.8, 4) is 5.75 Å². The Balaban J connectivity index is 1.80. The van der Waals surface area contributed by atoms with Gasteiger partial charge in [-0.2, -0.15) is 4.98 Å². The van der Waals surface area contributed by atoms with Gasteiger partial charge in [0.2, 0.25) is 0 Å². The number of ether oxygens (including phenoxy) is 1. The van der Waals surface area contributed by atoms with Crippen molar-refractivity contribution < 1.29 is 19.1 Å². The molecule has 3 rings (SSSR count). The molecule has 28 heavy (non-hydrogen) atoms. The summed E-state index contributed by atoms with van der Waals surface area (Å²) < 4.78 is 11.6. The van der Waals surface area contributed by atoms with Gasteiger partial charge in [0.25, 0.3) is 6.01 Å². The van der Waals surface area contributed by atoms with E-state index in [1.54, 1.807) is 13.0 Å². The normalized spacial score (nSPS) is 12.1. The number of para-hydroxylation sites is 2. The molecular weight excluding hydrogens is 424 g/mol. The molecule has 0 aliphatic carbocycles. The molecule has 0 bridgehead atoms. The number of alkyl halides is 1. The van der Waals surface area contributed by atoms with Gasteiger partial charge in [-0.25, -0.2) is 4.79 Å². The molecule has 0 radical (unpaired) electrons. The van der Waals surface area contributed by atoms with E-state index < -0.39 is 12.1 Å². The average molecular weight is 447 g/mol. The first-order chi connectivity index (χ1) is 13.6. The molecule has 1 atom stereocenters. The molecule has 1 unspecified atom stereocenters. The summed E-state index contributed by atoms with van der Waals surface area (Å²) in [6.07, 6.45) is 0.489. The lowest BCUT2D eigenvalue weighted by molar-refractivity contribution is -0.145. The zero-order chi connectivity index (χ0) is 19.9. The number of carbonyl (C=O) groups is 1. The Kier molecular flexibility index (Phi) is 6.92. The van der Waals surface area contributed by atoms with Crippen LogP contribution < -0.4 is 9.64 Å². The van der Waals surface area contributed by atoms with Gasteiger partial charge in [0.15, 0.2) is 11.7 Å². The summed E-state index contributed by atoms with van der Waals surface area (Å²) >= 11 is 3.48. The Hall–Kier alpha value is -2.54. The first kappa shape index (κ1) is 20.2. The zero-order valence-corrected chi connectivity index (χ0v) is 17.3. The Labute approximate surface area is 172 Å². The van der Waals surface area contributed by atoms with Crippen molar-refractivity contribution in [1.29, 1.82) is 0 Å². The van der Waals surface area contributed by atoms with Crippen LogP contribution in [0.2, 0.25) is 0 Å². The molecule has 0 spiro atoms. The smallest absolute Gasteiger partial charge is 0.344 e. The second-order valence-electron chi connectivity index (χ2n) is 6.43. The number of aromatic nitrogens is 1. The predicted molar refractivity (Wildman–Crippen MR) is 112 cm³/mol. The third-order valence-electron chi connectivity index (χ3n) is 4.31. The molecule has 2 aromatic carbocycles. The number of anilines is 1. The number of carboxylic acids is 1. The van der Waals surface area contributed by atoms with Crippen LogP contribution in [-0.4, -0.2) is 34.0 Å². The fourth-order valence-corrected chi connectivity index (χ4v) is 3.15. The second kappa shape index (κ2) is 9.59. The molecule has 3 aromatic rings. The molecule has 0 saturated heterocycles. The molecule has 1 aromatic heterocycles. The molecule has 0 saturated carbocycles. The largest absolute Gasteiger partial charge is 0.479 e. The van der Waals surface area contributed by atoms with Crippen LogP contribution in [0.1, 0.15) is 25.3 Å². The molecule has 7 heteroatoms. The van der Waals surface area contributed by atoms with Crippen molar-refractivity contribution in [2.75, 3.05) is 16.8 Å². The summed E-state index contributed by atoms with van der Waals surface area (Å²) in [7, 11) is 0. The van der Waals surface area contributed by atoms with Crippen LogP contribution >= 0.6 is 15.9 Å². The van der Waals surface area contributed by atoms with Gasteiger partial charge in [-0.3, -0.25) is 0 Å². The lowest BCUT2D eigenvalue weighted by Crippen LogP contribution is -2.26. The van der Waals surface area contributed by atoms with Gasteiger partial charge in [-0.1, -0.05) is 47.1 Å². The van der Waals surface area contributed by atoms with Crippen LogP contribution in [0.15, 0.2) is 52.9 Å². The quantitative estimate of drug-likeness (QED) is 0.448. The van der Waals surface area contributed by atoms with Crippen molar-refractivity contribution in [2.45, 2.75) is 32.4 Å². The first-order valence-corrected chi connectivity index (χ1v) is 10.4. The highest BCUT2D eigenvalue weighted by Crippen LogP contribution is 2.25. The first-order valence-electron chi connectivity index (χ1n) is 9.25. The summed E-state index contributed by atoms with van der Waals surface area (Å²) in [4.78, 5) is 17.9. The number of nitrogens with zero attached hydrogens (tertiary/aromatic N) is 2. The van der Waals surface area contributed by atoms with E-state index in [1.165, 1.54) is 0 Å². The summed E-state index contributed by atoms with van der Waals surface area (Å²) in [6.45, 7) is 3.15. The van der Waals surface area contributed by atoms with E-state index in [9.17, 15) is 9.90 Å². The van der Waals surface area contributed by atoms with E-state index in [2.05, 4.69) is 25.8 Å². The topological polar surface area (TPSA) is 75.8 Å². The highest BCUT2D eigenvalue weighted by atomic mass is 79.9. The molecule has 6 nitrogen and oxygen atoms in total. The second-order valence-corrected chi connectivity index (χ2v) is 7.22. The Morgan fingerprint density at radius 1 is 1.29 bits per heavy atom. The van der Waals surface area contributed by atoms with Crippen LogP contribution in [0.4, 0.5) is 6.01 Å². The number of hydrogen-bond donors (Lipinski definition) is 1. The molecule has 1 N–H and O–H groups in total. The molecule has 0 fully saturated rings. The maximum atomic E-state index is 11.2. The van der Waals surface area contributed by atoms with Gasteiger partial charge >= 0.3 is 5.97 Å². The Bertz CT molecular complexity index is 894. The van der Waals surface area contributed by atoms with E-state index in [1.807, 2.05) is 42.5 Å². The minimum atomic E-state index is -0.960. The van der Waals surface area contributed by atoms with Gasteiger partial charge in [-0.05, 0) is 42.7 Å². The van der Waals surface area contributed by atoms with E-state index in [0.717, 1.165) is 35.0 Å². The molecule has 0 aliphatic heterocycles. The lowest BCUT2D eigenvalue weighted by Gasteiger charge is -2.21. The monoisotopic (exact) mass is 446 g/mol. The van der Waals surface area contributed by atoms with Crippen molar-refractivity contribution in [3.05, 3.63) is 54.1 Å². The maximum absolute atomic E-state index is 11.2. The van der Waals surface area contributed by atoms with Gasteiger partial charge in [0.1, 0.15) is 11.3 Å². The average Bonchev–Trinajstić information content (AvgIpc) is 3.13. The SMILES string of the molecule is CCC(Oc1cccc(CN(CCCBr)c2nc3ccccc3o2)c1)C(=O)O. The van der Waals surface area contributed by atoms with Crippen LogP contribution in [0.3, 0.4) is 0 Å². The highest BCUT2D eigenvalue weighted by Gasteiger charge is 2.18. The summed E-state index contributed by atoms with van der Waals surface area (Å²) in [5.41, 5.74) is 2.57. The minimum Gasteiger partial charge on any atom is -0.479 e. The maximum Gasteiger partial charge on any atom is 0.344 e. The van der Waals surface area contributed by atoms with Crippen LogP contribution in [0.25, 0.3) is 11.1 Å². The number of carboxylic acid groups (broad SMARTS) is 1. The number of hydrogen-bond acceptors (Lipinski definition) is 5. The van der Waals surface area contributed by atoms with E-state index >= 15 is 0 Å². The Morgan fingerprint density at radius 2 is 2.11 bits per heavy atom. The highest BCUT2D eigenvalue weighted by molar-refractivity contribution is 9.09. The van der Waals surface area contributed by atoms with Crippen molar-refractivity contribution in [3.63, 3.8) is 0 Å². The van der Waals surface area contributed by atoms with Gasteiger partial charge < -0.3 is 19.2 Å². The number of halogens is 1. The summed E-state index contributed by atoms with van der Waals surface area (Å²) in [5, 5.41) is 10.1. The van der Waals surface area contributed by atoms with Crippen molar-refractivity contribution >= 4 is 39.0 Å². The fraction of sp³-hybridized carbons (Fsp3) is 0.333. The van der Waals surface area contributed by atoms with Gasteiger partial charge in [-0.15, -0.1) is 0 Å². The number of benzene rings is 2. The number of aliphatic carboxylic acids is 1. The molecular formula is C21H23BrN2O4. The number of oxazole rings is 1. The molecule has 0 amide bonds. The van der Waals surface area contributed by atoms with Crippen molar-refractivity contribution in [1.82, 2.24) is 4.98 Å². The van der Waals surface area contributed by atoms with E-state index in [0.29, 0.717) is 24.7 Å². The summed E-state index contributed by atoms with van der Waals surface area (Å²) in [5.74, 6) is -0.414. The molecule has 148 valence electrons. The van der Waals surface area contributed by atoms with E-state index in [4.69, 9.17) is 9.15 Å². The minimum absolute atomic E-state index is 0.403. The van der Waals surface area contributed by atoms with Crippen LogP contribution in [-0.2, 0) is 11.3 Å². The fourth-order valence-electron chi connectivity index (χ4n) is 2.90. The summed E-state index contributed by atoms with van der Waals surface area (Å²) in [6, 6.07) is 15.8. The van der Waals surface area contributed by atoms with Crippen LogP contribution in [0.5, 0.6) is 5.75 Å². The third-order valence-corrected chi connectivity index (χ3v) is 4.87. The zero-order valence-electron chi connectivity index (χ0n) is 15.7. The standard InChI is InChI=1S/C21H23BrN2O4/c1-2-18(20(25)26)27-16-8-5-7-15(13-16)14-24(12-6-11-22)21-23-17-9-3-4-10-19(17)28-21/h3-5,7-10,13,18H,2,6,11-12,14H2,1H3,(H,25,26). The predicted octanol–water partition coefficient (Wildman–Crippen LogP) is 4.86. The van der Waals surface area contributed by atoms with E-state index in [-0.39, 0.29) is 0 Å². The molecule has 0 aliphatic rings. The Morgan fingerprint density at radius 3 is 2.82 bits per heavy atom. The number of fused-ring (bicyclic) bond motifs is 1.